The lowest BCUT2D eigenvalue weighted by molar-refractivity contribution is -0.145. The molecule has 3 aromatic carbocycles. The molecule has 0 bridgehead atoms. The number of nitrogens with zero attached hydrogens (tertiary/aromatic N) is 1. The number of benzene rings is 3. The number of hydrogen-bond donors (Lipinski definition) is 4. The minimum Gasteiger partial charge on any atom is -0.481 e. The molecule has 1 aliphatic heterocycles. The Morgan fingerprint density at radius 1 is 0.897 bits per heavy atom. The number of aliphatic hydroxyl groups is 3. The number of hydrogen-bond acceptors (Lipinski definition) is 5. The van der Waals surface area contributed by atoms with Crippen molar-refractivity contribution in [1.29, 1.82) is 0 Å². The summed E-state index contributed by atoms with van der Waals surface area (Å²) in [5, 5.41) is 42.2. The van der Waals surface area contributed by atoms with Gasteiger partial charge in [-0.2, -0.15) is 0 Å². The summed E-state index contributed by atoms with van der Waals surface area (Å²) in [6.07, 6.45) is 2.86. The van der Waals surface area contributed by atoms with E-state index < -0.39 is 29.7 Å². The van der Waals surface area contributed by atoms with Gasteiger partial charge < -0.3 is 25.3 Å². The first-order valence-electron chi connectivity index (χ1n) is 14.0. The summed E-state index contributed by atoms with van der Waals surface area (Å²) in [7, 11) is 0. The number of aliphatic hydroxyl groups excluding tert-OH is 2. The zero-order valence-electron chi connectivity index (χ0n) is 22.7. The molecule has 1 saturated heterocycles. The lowest BCUT2D eigenvalue weighted by Crippen LogP contribution is -2.44. The molecule has 3 aromatic rings. The van der Waals surface area contributed by atoms with E-state index in [2.05, 4.69) is 4.90 Å². The van der Waals surface area contributed by atoms with Crippen molar-refractivity contribution < 1.29 is 25.2 Å². The minimum absolute atomic E-state index is 0.114. The molecule has 0 aromatic heterocycles. The van der Waals surface area contributed by atoms with Gasteiger partial charge >= 0.3 is 5.97 Å². The zero-order chi connectivity index (χ0) is 27.9. The molecule has 6 heteroatoms. The van der Waals surface area contributed by atoms with Crippen molar-refractivity contribution in [3.05, 3.63) is 107 Å². The molecule has 1 heterocycles. The fourth-order valence-electron chi connectivity index (χ4n) is 6.05. The van der Waals surface area contributed by atoms with Gasteiger partial charge in [-0.3, -0.25) is 4.79 Å². The smallest absolute Gasteiger partial charge is 0.316 e. The van der Waals surface area contributed by atoms with Gasteiger partial charge in [-0.15, -0.1) is 0 Å². The van der Waals surface area contributed by atoms with Crippen molar-refractivity contribution >= 4 is 5.97 Å². The molecule has 1 aliphatic rings. The molecule has 2 unspecified atom stereocenters. The molecular formula is C33H41NO5. The van der Waals surface area contributed by atoms with Gasteiger partial charge in [0.05, 0.1) is 12.7 Å². The van der Waals surface area contributed by atoms with Crippen LogP contribution < -0.4 is 0 Å². The second-order valence-corrected chi connectivity index (χ2v) is 10.8. The Morgan fingerprint density at radius 3 is 1.90 bits per heavy atom. The molecule has 39 heavy (non-hydrogen) atoms. The van der Waals surface area contributed by atoms with E-state index >= 15 is 0 Å². The molecular weight excluding hydrogens is 490 g/mol. The van der Waals surface area contributed by atoms with E-state index in [0.29, 0.717) is 12.0 Å². The lowest BCUT2D eigenvalue weighted by Gasteiger charge is -2.42. The molecule has 0 aliphatic carbocycles. The summed E-state index contributed by atoms with van der Waals surface area (Å²) in [6.45, 7) is 3.95. The summed E-state index contributed by atoms with van der Waals surface area (Å²) in [5.41, 5.74) is 0.821. The van der Waals surface area contributed by atoms with Crippen LogP contribution in [-0.4, -0.2) is 57.5 Å². The monoisotopic (exact) mass is 531 g/mol. The average molecular weight is 532 g/mol. The Hall–Kier alpha value is -3.03. The van der Waals surface area contributed by atoms with Crippen LogP contribution in [0.1, 0.15) is 67.4 Å². The van der Waals surface area contributed by atoms with E-state index in [1.54, 1.807) is 31.2 Å². The maximum absolute atomic E-state index is 12.1. The normalized spacial score (nSPS) is 17.4. The topological polar surface area (TPSA) is 101 Å². The number of carbonyl (C=O) groups is 1. The van der Waals surface area contributed by atoms with Crippen LogP contribution in [0.15, 0.2) is 84.9 Å². The van der Waals surface area contributed by atoms with E-state index in [1.807, 2.05) is 60.7 Å². The third-order valence-electron chi connectivity index (χ3n) is 8.69. The largest absolute Gasteiger partial charge is 0.481 e. The van der Waals surface area contributed by atoms with E-state index in [4.69, 9.17) is 0 Å². The maximum atomic E-state index is 12.1. The van der Waals surface area contributed by atoms with Gasteiger partial charge in [0.1, 0.15) is 11.0 Å². The first-order valence-corrected chi connectivity index (χ1v) is 14.0. The second kappa shape index (κ2) is 12.9. The predicted molar refractivity (Wildman–Crippen MR) is 152 cm³/mol. The van der Waals surface area contributed by atoms with Gasteiger partial charge in [-0.05, 0) is 79.9 Å². The Kier molecular flexibility index (Phi) is 9.57. The second-order valence-electron chi connectivity index (χ2n) is 10.8. The van der Waals surface area contributed by atoms with Crippen LogP contribution in [0.2, 0.25) is 0 Å². The Balaban J connectivity index is 1.32. The third-order valence-corrected chi connectivity index (χ3v) is 8.69. The molecule has 0 radical (unpaired) electrons. The first-order chi connectivity index (χ1) is 18.8. The van der Waals surface area contributed by atoms with Crippen LogP contribution in [-0.2, 0) is 15.8 Å². The molecule has 1 fully saturated rings. The van der Waals surface area contributed by atoms with E-state index in [9.17, 15) is 25.2 Å². The van der Waals surface area contributed by atoms with Crippen molar-refractivity contribution in [2.75, 3.05) is 26.2 Å². The van der Waals surface area contributed by atoms with Crippen LogP contribution in [0.4, 0.5) is 0 Å². The SMILES string of the molecule is CCC(CO)(C(=O)O)c1ccc(C(O)CCCN2CCC(C(O)(c3ccccc3)c3ccccc3)CC2)cc1. The predicted octanol–water partition coefficient (Wildman–Crippen LogP) is 4.87. The highest BCUT2D eigenvalue weighted by Gasteiger charge is 2.41. The molecule has 0 spiro atoms. The number of piperidine rings is 1. The fourth-order valence-corrected chi connectivity index (χ4v) is 6.05. The van der Waals surface area contributed by atoms with Crippen molar-refractivity contribution in [1.82, 2.24) is 4.90 Å². The number of carboxylic acids is 1. The summed E-state index contributed by atoms with van der Waals surface area (Å²) >= 11 is 0. The molecule has 6 nitrogen and oxygen atoms in total. The molecule has 0 amide bonds. The molecule has 2 atom stereocenters. The molecule has 0 saturated carbocycles. The Morgan fingerprint density at radius 2 is 1.44 bits per heavy atom. The van der Waals surface area contributed by atoms with E-state index in [0.717, 1.165) is 55.6 Å². The van der Waals surface area contributed by atoms with Crippen LogP contribution in [0, 0.1) is 5.92 Å². The summed E-state index contributed by atoms with van der Waals surface area (Å²) in [6, 6.07) is 26.9. The van der Waals surface area contributed by atoms with Gasteiger partial charge in [0.15, 0.2) is 0 Å². The van der Waals surface area contributed by atoms with E-state index in [-0.39, 0.29) is 12.3 Å². The number of carboxylic acid groups (broad SMARTS) is 1. The highest BCUT2D eigenvalue weighted by Crippen LogP contribution is 2.42. The highest BCUT2D eigenvalue weighted by molar-refractivity contribution is 5.81. The molecule has 4 rings (SSSR count). The number of rotatable bonds is 12. The molecule has 208 valence electrons. The lowest BCUT2D eigenvalue weighted by atomic mass is 9.72. The van der Waals surface area contributed by atoms with Crippen molar-refractivity contribution in [3.63, 3.8) is 0 Å². The van der Waals surface area contributed by atoms with Gasteiger partial charge in [-0.25, -0.2) is 0 Å². The maximum Gasteiger partial charge on any atom is 0.316 e. The van der Waals surface area contributed by atoms with Gasteiger partial charge in [0.2, 0.25) is 0 Å². The first kappa shape index (κ1) is 29.0. The summed E-state index contributed by atoms with van der Waals surface area (Å²) < 4.78 is 0. The Bertz CT molecular complexity index is 1130. The minimum atomic E-state index is -1.32. The summed E-state index contributed by atoms with van der Waals surface area (Å²) in [4.78, 5) is 14.2. The van der Waals surface area contributed by atoms with Crippen molar-refractivity contribution in [2.24, 2.45) is 5.92 Å². The van der Waals surface area contributed by atoms with Crippen molar-refractivity contribution in [2.45, 2.75) is 56.1 Å². The third kappa shape index (κ3) is 6.10. The van der Waals surface area contributed by atoms with Crippen LogP contribution in [0.3, 0.4) is 0 Å². The highest BCUT2D eigenvalue weighted by atomic mass is 16.4. The standard InChI is InChI=1S/C33H41NO5/c1-2-32(24-35,31(37)38)26-17-15-25(16-18-26)30(36)14-9-21-34-22-19-29(20-23-34)33(39,27-10-5-3-6-11-27)28-12-7-4-8-13-28/h3-8,10-13,15-18,29-30,35-36,39H,2,9,14,19-24H2,1H3,(H,37,38). The Labute approximate surface area is 231 Å². The van der Waals surface area contributed by atoms with Gasteiger partial charge in [-0.1, -0.05) is 91.9 Å². The number of aliphatic carboxylic acids is 1. The van der Waals surface area contributed by atoms with Gasteiger partial charge in [0.25, 0.3) is 0 Å². The fraction of sp³-hybridized carbons (Fsp3) is 0.424. The van der Waals surface area contributed by atoms with Crippen LogP contribution in [0.5, 0.6) is 0 Å². The van der Waals surface area contributed by atoms with Crippen LogP contribution >= 0.6 is 0 Å². The van der Waals surface area contributed by atoms with Crippen molar-refractivity contribution in [3.8, 4) is 0 Å². The number of likely N-dealkylation sites (tertiary alicyclic amines) is 1. The summed E-state index contributed by atoms with van der Waals surface area (Å²) in [5.74, 6) is -0.932. The van der Waals surface area contributed by atoms with Crippen LogP contribution in [0.25, 0.3) is 0 Å². The zero-order valence-corrected chi connectivity index (χ0v) is 22.7. The van der Waals surface area contributed by atoms with E-state index in [1.165, 1.54) is 0 Å². The quantitative estimate of drug-likeness (QED) is 0.266. The average Bonchev–Trinajstić information content (AvgIpc) is 2.99. The molecule has 4 N–H and O–H groups in total. The van der Waals surface area contributed by atoms with Gasteiger partial charge in [0, 0.05) is 0 Å².